The number of hydrogen-bond donors (Lipinski definition) is 2. The van der Waals surface area contributed by atoms with Crippen LogP contribution in [0, 0.1) is 5.82 Å². The number of pyridine rings is 1. The minimum atomic E-state index is -0.241. The first-order valence-corrected chi connectivity index (χ1v) is 6.89. The van der Waals surface area contributed by atoms with E-state index >= 15 is 0 Å². The second kappa shape index (κ2) is 9.98. The molecule has 2 N–H and O–H groups in total. The molecule has 1 aromatic heterocycles. The second-order valence-electron chi connectivity index (χ2n) is 4.58. The number of halogens is 2. The van der Waals surface area contributed by atoms with Crippen molar-refractivity contribution in [1.82, 2.24) is 15.6 Å². The Morgan fingerprint density at radius 3 is 2.52 bits per heavy atom. The summed E-state index contributed by atoms with van der Waals surface area (Å²) in [5.41, 5.74) is 1.91. The number of rotatable bonds is 5. The van der Waals surface area contributed by atoms with E-state index in [-0.39, 0.29) is 29.8 Å². The lowest BCUT2D eigenvalue weighted by Crippen LogP contribution is -2.36. The molecule has 124 valence electrons. The largest absolute Gasteiger partial charge is 0.481 e. The monoisotopic (exact) mass is 430 g/mol. The molecule has 0 saturated heterocycles. The van der Waals surface area contributed by atoms with Gasteiger partial charge in [-0.3, -0.25) is 4.99 Å². The molecule has 0 radical (unpaired) electrons. The average Bonchev–Trinajstić information content (AvgIpc) is 2.57. The van der Waals surface area contributed by atoms with Crippen molar-refractivity contribution in [3.05, 3.63) is 59.5 Å². The molecular weight excluding hydrogens is 410 g/mol. The van der Waals surface area contributed by atoms with E-state index in [4.69, 9.17) is 4.74 Å². The van der Waals surface area contributed by atoms with Crippen LogP contribution in [0.2, 0.25) is 0 Å². The van der Waals surface area contributed by atoms with E-state index in [0.717, 1.165) is 11.1 Å². The molecule has 0 aliphatic carbocycles. The van der Waals surface area contributed by atoms with Crippen LogP contribution in [0.5, 0.6) is 5.88 Å². The topological polar surface area (TPSA) is 58.5 Å². The van der Waals surface area contributed by atoms with E-state index in [1.54, 1.807) is 32.5 Å². The Morgan fingerprint density at radius 2 is 1.87 bits per heavy atom. The number of nitrogens with zero attached hydrogens (tertiary/aromatic N) is 2. The molecule has 0 amide bonds. The van der Waals surface area contributed by atoms with Crippen LogP contribution in [-0.4, -0.2) is 25.1 Å². The van der Waals surface area contributed by atoms with Gasteiger partial charge in [-0.25, -0.2) is 9.37 Å². The molecule has 2 rings (SSSR count). The number of guanidine groups is 1. The van der Waals surface area contributed by atoms with Gasteiger partial charge in [0.25, 0.3) is 0 Å². The molecule has 0 unspecified atom stereocenters. The molecule has 0 aliphatic heterocycles. The highest BCUT2D eigenvalue weighted by Gasteiger charge is 2.04. The lowest BCUT2D eigenvalue weighted by molar-refractivity contribution is 0.392. The third-order valence-corrected chi connectivity index (χ3v) is 3.09. The molecule has 2 aromatic rings. The minimum absolute atomic E-state index is 0. The molecule has 0 saturated carbocycles. The number of nitrogens with one attached hydrogen (secondary N) is 2. The fourth-order valence-electron chi connectivity index (χ4n) is 1.93. The summed E-state index contributed by atoms with van der Waals surface area (Å²) < 4.78 is 18.1. The van der Waals surface area contributed by atoms with Crippen molar-refractivity contribution in [3.8, 4) is 5.88 Å². The predicted molar refractivity (Wildman–Crippen MR) is 99.6 cm³/mol. The summed E-state index contributed by atoms with van der Waals surface area (Å²) in [4.78, 5) is 8.30. The molecule has 0 fully saturated rings. The Kier molecular flexibility index (Phi) is 8.31. The van der Waals surface area contributed by atoms with Crippen LogP contribution in [-0.2, 0) is 13.1 Å². The maximum absolute atomic E-state index is 12.9. The van der Waals surface area contributed by atoms with Gasteiger partial charge in [-0.2, -0.15) is 0 Å². The van der Waals surface area contributed by atoms with Gasteiger partial charge >= 0.3 is 0 Å². The summed E-state index contributed by atoms with van der Waals surface area (Å²) in [6.07, 6.45) is 1.68. The van der Waals surface area contributed by atoms with Crippen LogP contribution < -0.4 is 15.4 Å². The zero-order valence-corrected chi connectivity index (χ0v) is 15.4. The number of ether oxygens (including phenoxy) is 1. The van der Waals surface area contributed by atoms with Gasteiger partial charge in [0.15, 0.2) is 5.96 Å². The zero-order chi connectivity index (χ0) is 15.8. The van der Waals surface area contributed by atoms with E-state index < -0.39 is 0 Å². The molecule has 0 bridgehead atoms. The van der Waals surface area contributed by atoms with E-state index in [1.165, 1.54) is 12.1 Å². The van der Waals surface area contributed by atoms with Crippen LogP contribution in [0.3, 0.4) is 0 Å². The smallest absolute Gasteiger partial charge is 0.218 e. The molecule has 7 heteroatoms. The van der Waals surface area contributed by atoms with Gasteiger partial charge in [-0.05, 0) is 23.8 Å². The zero-order valence-electron chi connectivity index (χ0n) is 13.0. The van der Waals surface area contributed by atoms with Crippen LogP contribution in [0.4, 0.5) is 4.39 Å². The Labute approximate surface area is 152 Å². The number of benzene rings is 1. The first kappa shape index (κ1) is 19.1. The van der Waals surface area contributed by atoms with E-state index in [0.29, 0.717) is 24.9 Å². The SMILES string of the molecule is CN=C(NCc1ccc(F)cc1)NCc1cccnc1OC.I. The predicted octanol–water partition coefficient (Wildman–Crippen LogP) is 2.71. The summed E-state index contributed by atoms with van der Waals surface area (Å²) in [5, 5.41) is 6.35. The highest BCUT2D eigenvalue weighted by Crippen LogP contribution is 2.12. The Bertz CT molecular complexity index is 634. The second-order valence-corrected chi connectivity index (χ2v) is 4.58. The fraction of sp³-hybridized carbons (Fsp3) is 0.250. The van der Waals surface area contributed by atoms with Crippen molar-refractivity contribution < 1.29 is 9.13 Å². The molecule has 0 atom stereocenters. The normalized spacial score (nSPS) is 10.7. The number of aliphatic imine (C=N–C) groups is 1. The van der Waals surface area contributed by atoms with Crippen molar-refractivity contribution in [2.45, 2.75) is 13.1 Å². The Balaban J connectivity index is 0.00000264. The van der Waals surface area contributed by atoms with Gasteiger partial charge < -0.3 is 15.4 Å². The summed E-state index contributed by atoms with van der Waals surface area (Å²) in [6, 6.07) is 10.1. The van der Waals surface area contributed by atoms with Crippen LogP contribution >= 0.6 is 24.0 Å². The summed E-state index contributed by atoms with van der Waals surface area (Å²) >= 11 is 0. The van der Waals surface area contributed by atoms with Gasteiger partial charge in [-0.1, -0.05) is 18.2 Å². The lowest BCUT2D eigenvalue weighted by atomic mass is 10.2. The van der Waals surface area contributed by atoms with E-state index in [2.05, 4.69) is 20.6 Å². The summed E-state index contributed by atoms with van der Waals surface area (Å²) in [7, 11) is 3.29. The van der Waals surface area contributed by atoms with Crippen molar-refractivity contribution in [2.75, 3.05) is 14.2 Å². The standard InChI is InChI=1S/C16H19FN4O.HI/c1-18-16(20-10-12-5-7-14(17)8-6-12)21-11-13-4-3-9-19-15(13)22-2;/h3-9H,10-11H2,1-2H3,(H2,18,20,21);1H. The van der Waals surface area contributed by atoms with Crippen molar-refractivity contribution >= 4 is 29.9 Å². The lowest BCUT2D eigenvalue weighted by Gasteiger charge is -2.13. The minimum Gasteiger partial charge on any atom is -0.481 e. The maximum Gasteiger partial charge on any atom is 0.218 e. The molecule has 0 spiro atoms. The Morgan fingerprint density at radius 1 is 1.17 bits per heavy atom. The van der Waals surface area contributed by atoms with Gasteiger partial charge in [0.2, 0.25) is 5.88 Å². The average molecular weight is 430 g/mol. The quantitative estimate of drug-likeness (QED) is 0.435. The van der Waals surface area contributed by atoms with Gasteiger partial charge in [-0.15, -0.1) is 24.0 Å². The Hall–Kier alpha value is -1.90. The molecule has 1 aromatic carbocycles. The van der Waals surface area contributed by atoms with Gasteiger partial charge in [0.1, 0.15) is 5.82 Å². The van der Waals surface area contributed by atoms with Crippen LogP contribution in [0.15, 0.2) is 47.6 Å². The summed E-state index contributed by atoms with van der Waals surface area (Å²) in [5.74, 6) is 0.995. The first-order chi connectivity index (χ1) is 10.7. The number of aromatic nitrogens is 1. The molecule has 0 aliphatic rings. The van der Waals surface area contributed by atoms with Crippen LogP contribution in [0.1, 0.15) is 11.1 Å². The molecular formula is C16H20FIN4O. The van der Waals surface area contributed by atoms with Crippen LogP contribution in [0.25, 0.3) is 0 Å². The first-order valence-electron chi connectivity index (χ1n) is 6.89. The highest BCUT2D eigenvalue weighted by atomic mass is 127. The van der Waals surface area contributed by atoms with E-state index in [1.807, 2.05) is 12.1 Å². The van der Waals surface area contributed by atoms with Gasteiger partial charge in [0.05, 0.1) is 7.11 Å². The highest BCUT2D eigenvalue weighted by molar-refractivity contribution is 14.0. The maximum atomic E-state index is 12.9. The third-order valence-electron chi connectivity index (χ3n) is 3.09. The van der Waals surface area contributed by atoms with Crippen molar-refractivity contribution in [2.24, 2.45) is 4.99 Å². The molecule has 1 heterocycles. The fourth-order valence-corrected chi connectivity index (χ4v) is 1.93. The summed E-state index contributed by atoms with van der Waals surface area (Å²) in [6.45, 7) is 1.10. The molecule has 23 heavy (non-hydrogen) atoms. The number of methoxy groups -OCH3 is 1. The van der Waals surface area contributed by atoms with E-state index in [9.17, 15) is 4.39 Å². The van der Waals surface area contributed by atoms with Crippen molar-refractivity contribution in [1.29, 1.82) is 0 Å². The number of hydrogen-bond acceptors (Lipinski definition) is 3. The van der Waals surface area contributed by atoms with Gasteiger partial charge in [0, 0.05) is 31.9 Å². The molecule has 5 nitrogen and oxygen atoms in total. The van der Waals surface area contributed by atoms with Crippen molar-refractivity contribution in [3.63, 3.8) is 0 Å². The third kappa shape index (κ3) is 6.01.